The van der Waals surface area contributed by atoms with Gasteiger partial charge in [0.2, 0.25) is 0 Å². The quantitative estimate of drug-likeness (QED) is 0.121. The van der Waals surface area contributed by atoms with Gasteiger partial charge in [-0.1, -0.05) is 48.5 Å². The number of aliphatic hydroxyl groups is 1. The van der Waals surface area contributed by atoms with Crippen LogP contribution in [0.3, 0.4) is 0 Å². The fraction of sp³-hybridized carbons (Fsp3) is 0.300. The van der Waals surface area contributed by atoms with E-state index in [-0.39, 0.29) is 12.5 Å². The molecule has 3 heterocycles. The molecule has 6 aromatic rings. The summed E-state index contributed by atoms with van der Waals surface area (Å²) in [6.07, 6.45) is 3.42. The monoisotopic (exact) mass is 643 g/mol. The molecule has 1 amide bonds. The Bertz CT molecular complexity index is 2060. The highest BCUT2D eigenvalue weighted by atomic mass is 16.5. The number of hydrogen-bond acceptors (Lipinski definition) is 4. The Labute approximate surface area is 282 Å². The highest BCUT2D eigenvalue weighted by Gasteiger charge is 2.22. The predicted molar refractivity (Wildman–Crippen MR) is 192 cm³/mol. The number of nitrogens with zero attached hydrogens (tertiary/aromatic N) is 3. The molecule has 0 atom stereocenters. The second kappa shape index (κ2) is 14.0. The van der Waals surface area contributed by atoms with Gasteiger partial charge in [-0.3, -0.25) is 9.48 Å². The van der Waals surface area contributed by atoms with Gasteiger partial charge in [-0.25, -0.2) is 0 Å². The number of benzene rings is 3. The number of para-hydroxylation sites is 1. The number of ether oxygens (including phenoxy) is 1. The van der Waals surface area contributed by atoms with E-state index in [1.807, 2.05) is 53.7 Å². The van der Waals surface area contributed by atoms with E-state index < -0.39 is 0 Å². The summed E-state index contributed by atoms with van der Waals surface area (Å²) in [5, 5.41) is 18.9. The van der Waals surface area contributed by atoms with E-state index in [1.54, 1.807) is 0 Å². The van der Waals surface area contributed by atoms with Crippen LogP contribution in [-0.2, 0) is 33.2 Å². The third-order valence-corrected chi connectivity index (χ3v) is 9.54. The fourth-order valence-corrected chi connectivity index (χ4v) is 6.67. The first kappa shape index (κ1) is 32.8. The van der Waals surface area contributed by atoms with Gasteiger partial charge < -0.3 is 24.7 Å². The summed E-state index contributed by atoms with van der Waals surface area (Å²) >= 11 is 0. The van der Waals surface area contributed by atoms with Gasteiger partial charge in [-0.2, -0.15) is 5.10 Å². The molecule has 3 aromatic heterocycles. The molecule has 48 heavy (non-hydrogen) atoms. The number of rotatable bonds is 12. The molecule has 0 spiro atoms. The summed E-state index contributed by atoms with van der Waals surface area (Å²) in [4.78, 5) is 17.5. The van der Waals surface area contributed by atoms with Crippen molar-refractivity contribution >= 4 is 16.8 Å². The molecule has 0 saturated carbocycles. The normalized spacial score (nSPS) is 11.4. The molecule has 8 heteroatoms. The summed E-state index contributed by atoms with van der Waals surface area (Å²) in [6, 6.07) is 22.5. The number of aryl methyl sites for hydroxylation is 5. The van der Waals surface area contributed by atoms with Crippen molar-refractivity contribution in [3.63, 3.8) is 0 Å². The minimum absolute atomic E-state index is 0.0767. The molecular formula is C40H45N5O3. The number of hydrogen-bond donors (Lipinski definition) is 3. The standard InChI is InChI=1S/C40H45N5O3/c1-25-18-33(19-26(2)27(25)3)48-17-11-16-35-34-14-10-15-36(37-28(4)43-44(6)29(37)5)38(34)42-39(35)40(47)41-21-31-20-32(24-46)45(23-31)22-30-12-8-7-9-13-30/h7-10,12-15,18-20,23,42,46H,11,16-17,21-22,24H2,1-6H3,(H,41,47). The largest absolute Gasteiger partial charge is 0.494 e. The summed E-state index contributed by atoms with van der Waals surface area (Å²) in [5.74, 6) is 0.706. The van der Waals surface area contributed by atoms with Crippen LogP contribution in [0.5, 0.6) is 5.75 Å². The van der Waals surface area contributed by atoms with E-state index >= 15 is 0 Å². The average Bonchev–Trinajstić information content (AvgIpc) is 3.73. The summed E-state index contributed by atoms with van der Waals surface area (Å²) in [7, 11) is 1.96. The second-order valence-electron chi connectivity index (χ2n) is 12.8. The molecule has 0 aliphatic heterocycles. The van der Waals surface area contributed by atoms with Crippen molar-refractivity contribution in [1.82, 2.24) is 24.6 Å². The summed E-state index contributed by atoms with van der Waals surface area (Å²) in [5.41, 5.74) is 13.2. The molecule has 0 fully saturated rings. The lowest BCUT2D eigenvalue weighted by Crippen LogP contribution is -2.24. The number of aliphatic hydroxyl groups excluding tert-OH is 1. The smallest absolute Gasteiger partial charge is 0.268 e. The number of fused-ring (bicyclic) bond motifs is 1. The summed E-state index contributed by atoms with van der Waals surface area (Å²) < 4.78 is 10.1. The minimum atomic E-state index is -0.168. The van der Waals surface area contributed by atoms with Crippen LogP contribution in [0.25, 0.3) is 22.0 Å². The van der Waals surface area contributed by atoms with Crippen LogP contribution in [0, 0.1) is 34.6 Å². The van der Waals surface area contributed by atoms with E-state index in [9.17, 15) is 9.90 Å². The molecule has 0 bridgehead atoms. The van der Waals surface area contributed by atoms with Crippen LogP contribution in [0.1, 0.15) is 67.4 Å². The van der Waals surface area contributed by atoms with Crippen LogP contribution in [-0.4, -0.2) is 37.0 Å². The van der Waals surface area contributed by atoms with Crippen LogP contribution in [0.2, 0.25) is 0 Å². The number of nitrogens with one attached hydrogen (secondary N) is 2. The lowest BCUT2D eigenvalue weighted by Gasteiger charge is -2.11. The third kappa shape index (κ3) is 6.66. The molecule has 8 nitrogen and oxygen atoms in total. The first-order valence-corrected chi connectivity index (χ1v) is 16.6. The Morgan fingerprint density at radius 2 is 1.71 bits per heavy atom. The maximum Gasteiger partial charge on any atom is 0.268 e. The lowest BCUT2D eigenvalue weighted by molar-refractivity contribution is 0.0945. The van der Waals surface area contributed by atoms with Crippen molar-refractivity contribution in [1.29, 1.82) is 0 Å². The van der Waals surface area contributed by atoms with Gasteiger partial charge in [-0.05, 0) is 99.0 Å². The Morgan fingerprint density at radius 3 is 2.40 bits per heavy atom. The highest BCUT2D eigenvalue weighted by molar-refractivity contribution is 6.05. The van der Waals surface area contributed by atoms with Crippen LogP contribution < -0.4 is 10.1 Å². The minimum Gasteiger partial charge on any atom is -0.494 e. The van der Waals surface area contributed by atoms with Gasteiger partial charge >= 0.3 is 0 Å². The number of aromatic nitrogens is 4. The van der Waals surface area contributed by atoms with E-state index in [1.165, 1.54) is 16.7 Å². The average molecular weight is 644 g/mol. The number of H-pyrrole nitrogens is 1. The maximum absolute atomic E-state index is 14.0. The van der Waals surface area contributed by atoms with Crippen LogP contribution >= 0.6 is 0 Å². The molecule has 248 valence electrons. The molecule has 3 aromatic carbocycles. The Balaban J connectivity index is 1.27. The third-order valence-electron chi connectivity index (χ3n) is 9.54. The number of carbonyl (C=O) groups excluding carboxylic acids is 1. The SMILES string of the molecule is Cc1cc(OCCCc2c(C(=O)NCc3cc(CO)n(Cc4ccccc4)c3)[nH]c3c(-c4c(C)nn(C)c4C)cccc23)cc(C)c1C. The van der Waals surface area contributed by atoms with Gasteiger partial charge in [0.25, 0.3) is 5.91 Å². The zero-order valence-corrected chi connectivity index (χ0v) is 28.8. The molecule has 3 N–H and O–H groups in total. The van der Waals surface area contributed by atoms with E-state index in [2.05, 4.69) is 85.6 Å². The fourth-order valence-electron chi connectivity index (χ4n) is 6.67. The molecule has 0 aliphatic rings. The molecular weight excluding hydrogens is 598 g/mol. The number of amides is 1. The number of aromatic amines is 1. The molecule has 6 rings (SSSR count). The molecule has 0 aliphatic carbocycles. The molecule has 0 unspecified atom stereocenters. The maximum atomic E-state index is 14.0. The van der Waals surface area contributed by atoms with Crippen molar-refractivity contribution < 1.29 is 14.6 Å². The first-order chi connectivity index (χ1) is 23.1. The lowest BCUT2D eigenvalue weighted by atomic mass is 9.98. The van der Waals surface area contributed by atoms with Gasteiger partial charge in [0.05, 0.1) is 24.4 Å². The van der Waals surface area contributed by atoms with Gasteiger partial charge in [-0.15, -0.1) is 0 Å². The molecule has 0 saturated heterocycles. The van der Waals surface area contributed by atoms with E-state index in [0.29, 0.717) is 31.8 Å². The Kier molecular flexibility index (Phi) is 9.55. The van der Waals surface area contributed by atoms with Gasteiger partial charge in [0.1, 0.15) is 11.4 Å². The highest BCUT2D eigenvalue weighted by Crippen LogP contribution is 2.35. The van der Waals surface area contributed by atoms with Crippen molar-refractivity contribution in [3.05, 3.63) is 129 Å². The van der Waals surface area contributed by atoms with E-state index in [0.717, 1.165) is 68.0 Å². The zero-order valence-electron chi connectivity index (χ0n) is 28.8. The number of carbonyl (C=O) groups is 1. The van der Waals surface area contributed by atoms with Crippen LogP contribution in [0.4, 0.5) is 0 Å². The van der Waals surface area contributed by atoms with Crippen molar-refractivity contribution in [2.75, 3.05) is 6.61 Å². The first-order valence-electron chi connectivity index (χ1n) is 16.6. The van der Waals surface area contributed by atoms with Crippen LogP contribution in [0.15, 0.2) is 72.9 Å². The van der Waals surface area contributed by atoms with Gasteiger partial charge in [0, 0.05) is 54.2 Å². The second-order valence-corrected chi connectivity index (χ2v) is 12.8. The topological polar surface area (TPSA) is 97.1 Å². The van der Waals surface area contributed by atoms with Crippen molar-refractivity contribution in [3.8, 4) is 16.9 Å². The molecule has 0 radical (unpaired) electrons. The Hall–Kier alpha value is -5.08. The van der Waals surface area contributed by atoms with Crippen molar-refractivity contribution in [2.24, 2.45) is 7.05 Å². The van der Waals surface area contributed by atoms with Crippen molar-refractivity contribution in [2.45, 2.75) is 67.2 Å². The Morgan fingerprint density at radius 1 is 0.958 bits per heavy atom. The zero-order chi connectivity index (χ0) is 33.9. The van der Waals surface area contributed by atoms with E-state index in [4.69, 9.17) is 4.74 Å². The predicted octanol–water partition coefficient (Wildman–Crippen LogP) is 7.39. The summed E-state index contributed by atoms with van der Waals surface area (Å²) in [6.45, 7) is 11.9. The van der Waals surface area contributed by atoms with Gasteiger partial charge in [0.15, 0.2) is 0 Å².